The monoisotopic (exact) mass is 476 g/mol. The van der Waals surface area contributed by atoms with Crippen LogP contribution in [-0.4, -0.2) is 61.5 Å². The minimum Gasteiger partial charge on any atom is -0.477 e. The summed E-state index contributed by atoms with van der Waals surface area (Å²) in [5.41, 5.74) is 2.08. The first-order chi connectivity index (χ1) is 16.9. The molecule has 1 fully saturated rings. The van der Waals surface area contributed by atoms with Gasteiger partial charge in [-0.1, -0.05) is 12.1 Å². The lowest BCUT2D eigenvalue weighted by molar-refractivity contribution is 0.0695. The normalized spacial score (nSPS) is 14.5. The lowest BCUT2D eigenvalue weighted by atomic mass is 10.1. The second-order valence-electron chi connectivity index (χ2n) is 8.55. The molecule has 0 bridgehead atoms. The first-order valence-corrected chi connectivity index (χ1v) is 11.5. The molecule has 0 unspecified atom stereocenters. The van der Waals surface area contributed by atoms with E-state index in [2.05, 4.69) is 27.1 Å². The van der Waals surface area contributed by atoms with E-state index in [9.17, 15) is 14.7 Å². The third-order valence-corrected chi connectivity index (χ3v) is 6.46. The minimum absolute atomic E-state index is 0.0842. The fourth-order valence-corrected chi connectivity index (χ4v) is 4.56. The summed E-state index contributed by atoms with van der Waals surface area (Å²) in [4.78, 5) is 32.3. The van der Waals surface area contributed by atoms with Crippen molar-refractivity contribution in [3.05, 3.63) is 82.4 Å². The van der Waals surface area contributed by atoms with Crippen LogP contribution in [0.5, 0.6) is 0 Å². The number of nitrogens with zero attached hydrogens (tertiary/aromatic N) is 6. The fourth-order valence-electron chi connectivity index (χ4n) is 4.56. The van der Waals surface area contributed by atoms with Gasteiger partial charge in [0, 0.05) is 50.9 Å². The summed E-state index contributed by atoms with van der Waals surface area (Å²) in [5.74, 6) is -1.83. The van der Waals surface area contributed by atoms with Crippen LogP contribution in [0.15, 0.2) is 60.0 Å². The zero-order valence-electron chi connectivity index (χ0n) is 19.3. The maximum absolute atomic E-state index is 15.1. The van der Waals surface area contributed by atoms with Crippen molar-refractivity contribution in [2.24, 2.45) is 0 Å². The van der Waals surface area contributed by atoms with E-state index in [4.69, 9.17) is 0 Å². The maximum atomic E-state index is 15.1. The highest BCUT2D eigenvalue weighted by molar-refractivity contribution is 5.93. The molecular formula is C25H25FN6O3. The van der Waals surface area contributed by atoms with E-state index in [1.807, 2.05) is 24.0 Å². The summed E-state index contributed by atoms with van der Waals surface area (Å²) in [6, 6.07) is 11.0. The van der Waals surface area contributed by atoms with Gasteiger partial charge in [-0.25, -0.2) is 18.9 Å². The third-order valence-electron chi connectivity index (χ3n) is 6.46. The van der Waals surface area contributed by atoms with Crippen molar-refractivity contribution >= 4 is 22.6 Å². The summed E-state index contributed by atoms with van der Waals surface area (Å²) in [7, 11) is 0. The summed E-state index contributed by atoms with van der Waals surface area (Å²) in [6.45, 7) is 5.92. The van der Waals surface area contributed by atoms with Crippen LogP contribution < -0.4 is 10.3 Å². The maximum Gasteiger partial charge on any atom is 0.341 e. The number of carbonyl (C=O) groups is 1. The van der Waals surface area contributed by atoms with E-state index < -0.39 is 17.2 Å². The number of aromatic nitrogens is 4. The number of rotatable bonds is 6. The first kappa shape index (κ1) is 22.7. The van der Waals surface area contributed by atoms with E-state index in [1.54, 1.807) is 21.6 Å². The van der Waals surface area contributed by atoms with Gasteiger partial charge in [0.1, 0.15) is 24.0 Å². The first-order valence-electron chi connectivity index (χ1n) is 11.5. The quantitative estimate of drug-likeness (QED) is 0.457. The number of aryl methyl sites for hydroxylation is 1. The van der Waals surface area contributed by atoms with Crippen LogP contribution in [0.25, 0.3) is 16.6 Å². The number of anilines is 1. The Labute approximate surface area is 200 Å². The molecule has 5 rings (SSSR count). The molecule has 2 aromatic heterocycles. The van der Waals surface area contributed by atoms with Gasteiger partial charge in [-0.3, -0.25) is 9.69 Å². The topological polar surface area (TPSA) is 96.5 Å². The summed E-state index contributed by atoms with van der Waals surface area (Å²) in [6.07, 6.45) is 4.49. The van der Waals surface area contributed by atoms with Crippen LogP contribution in [0.1, 0.15) is 22.8 Å². The summed E-state index contributed by atoms with van der Waals surface area (Å²) >= 11 is 0. The Hall–Kier alpha value is -4.05. The molecule has 1 aliphatic rings. The van der Waals surface area contributed by atoms with Gasteiger partial charge in [0.2, 0.25) is 5.43 Å². The lowest BCUT2D eigenvalue weighted by Gasteiger charge is -2.36. The number of aromatic carboxylic acids is 1. The highest BCUT2D eigenvalue weighted by atomic mass is 19.1. The number of carboxylic acids is 1. The van der Waals surface area contributed by atoms with Gasteiger partial charge < -0.3 is 14.6 Å². The van der Waals surface area contributed by atoms with Crippen molar-refractivity contribution in [1.29, 1.82) is 0 Å². The molecular weight excluding hydrogens is 451 g/mol. The van der Waals surface area contributed by atoms with Gasteiger partial charge in [-0.2, -0.15) is 5.10 Å². The Morgan fingerprint density at radius 3 is 2.49 bits per heavy atom. The number of hydrogen-bond acceptors (Lipinski definition) is 6. The molecule has 3 heterocycles. The van der Waals surface area contributed by atoms with Crippen molar-refractivity contribution in [2.45, 2.75) is 20.0 Å². The average Bonchev–Trinajstić information content (AvgIpc) is 3.40. The Morgan fingerprint density at radius 2 is 1.86 bits per heavy atom. The number of halogens is 1. The predicted octanol–water partition coefficient (Wildman–Crippen LogP) is 2.76. The molecule has 4 aromatic rings. The molecule has 1 N–H and O–H groups in total. The molecule has 0 aliphatic carbocycles. The van der Waals surface area contributed by atoms with Crippen molar-refractivity contribution in [3.63, 3.8) is 0 Å². The zero-order valence-corrected chi connectivity index (χ0v) is 19.3. The third kappa shape index (κ3) is 4.40. The van der Waals surface area contributed by atoms with Crippen LogP contribution >= 0.6 is 0 Å². The molecule has 1 aliphatic heterocycles. The van der Waals surface area contributed by atoms with E-state index in [-0.39, 0.29) is 10.9 Å². The molecule has 0 radical (unpaired) electrons. The fraction of sp³-hybridized carbons (Fsp3) is 0.280. The van der Waals surface area contributed by atoms with Crippen molar-refractivity contribution in [3.8, 4) is 5.69 Å². The number of carboxylic acid groups (broad SMARTS) is 1. The number of pyridine rings is 1. The Morgan fingerprint density at radius 1 is 1.11 bits per heavy atom. The number of piperazine rings is 1. The van der Waals surface area contributed by atoms with Gasteiger partial charge in [-0.15, -0.1) is 0 Å². The molecule has 180 valence electrons. The smallest absolute Gasteiger partial charge is 0.341 e. The van der Waals surface area contributed by atoms with Crippen molar-refractivity contribution in [1.82, 2.24) is 24.2 Å². The highest BCUT2D eigenvalue weighted by Gasteiger charge is 2.22. The standard InChI is InChI=1S/C25H25FN6O3/c1-2-30-14-20(25(34)35)24(33)19-11-21(26)23(12-22(19)30)31-9-7-29(8-10-31)13-17-3-5-18(6-4-17)32-16-27-15-28-32/h3-6,11-12,14-16H,2,7-10,13H2,1H3,(H,34,35). The Kier molecular flexibility index (Phi) is 6.04. The second-order valence-corrected chi connectivity index (χ2v) is 8.55. The predicted molar refractivity (Wildman–Crippen MR) is 130 cm³/mol. The van der Waals surface area contributed by atoms with Gasteiger partial charge in [0.05, 0.1) is 16.9 Å². The van der Waals surface area contributed by atoms with Crippen LogP contribution in [0, 0.1) is 5.82 Å². The zero-order chi connectivity index (χ0) is 24.5. The van der Waals surface area contributed by atoms with Gasteiger partial charge in [-0.05, 0) is 36.8 Å². The van der Waals surface area contributed by atoms with Crippen LogP contribution in [-0.2, 0) is 13.1 Å². The van der Waals surface area contributed by atoms with Crippen LogP contribution in [0.2, 0.25) is 0 Å². The van der Waals surface area contributed by atoms with E-state index in [0.717, 1.165) is 25.3 Å². The Bertz CT molecular complexity index is 1420. The molecule has 10 heteroatoms. The van der Waals surface area contributed by atoms with Gasteiger partial charge in [0.25, 0.3) is 0 Å². The lowest BCUT2D eigenvalue weighted by Crippen LogP contribution is -2.46. The molecule has 35 heavy (non-hydrogen) atoms. The van der Waals surface area contributed by atoms with E-state index in [0.29, 0.717) is 30.8 Å². The van der Waals surface area contributed by atoms with Gasteiger partial charge >= 0.3 is 5.97 Å². The molecule has 0 saturated carbocycles. The summed E-state index contributed by atoms with van der Waals surface area (Å²) < 4.78 is 18.5. The summed E-state index contributed by atoms with van der Waals surface area (Å²) in [5, 5.41) is 13.6. The highest BCUT2D eigenvalue weighted by Crippen LogP contribution is 2.26. The van der Waals surface area contributed by atoms with E-state index >= 15 is 4.39 Å². The molecule has 9 nitrogen and oxygen atoms in total. The van der Waals surface area contributed by atoms with Crippen LogP contribution in [0.4, 0.5) is 10.1 Å². The van der Waals surface area contributed by atoms with Crippen LogP contribution in [0.3, 0.4) is 0 Å². The minimum atomic E-state index is -1.31. The number of benzene rings is 2. The molecule has 2 aromatic carbocycles. The van der Waals surface area contributed by atoms with Gasteiger partial charge in [0.15, 0.2) is 0 Å². The molecule has 0 amide bonds. The second kappa shape index (κ2) is 9.30. The van der Waals surface area contributed by atoms with Crippen molar-refractivity contribution in [2.75, 3.05) is 31.1 Å². The average molecular weight is 477 g/mol. The SMILES string of the molecule is CCn1cc(C(=O)O)c(=O)c2cc(F)c(N3CCN(Cc4ccc(-n5cncn5)cc4)CC3)cc21. The number of hydrogen-bond donors (Lipinski definition) is 1. The molecule has 1 saturated heterocycles. The molecule has 0 atom stereocenters. The molecule has 0 spiro atoms. The van der Waals surface area contributed by atoms with Crippen molar-refractivity contribution < 1.29 is 14.3 Å². The largest absolute Gasteiger partial charge is 0.477 e. The Balaban J connectivity index is 1.31. The van der Waals surface area contributed by atoms with E-state index in [1.165, 1.54) is 24.2 Å². The number of fused-ring (bicyclic) bond motifs is 1.